The van der Waals surface area contributed by atoms with Gasteiger partial charge in [0.2, 0.25) is 0 Å². The topological polar surface area (TPSA) is 61.8 Å². The minimum absolute atomic E-state index is 0.0460. The molecule has 2 heterocycles. The van der Waals surface area contributed by atoms with Crippen LogP contribution < -0.4 is 0 Å². The molecule has 0 aliphatic heterocycles. The van der Waals surface area contributed by atoms with Gasteiger partial charge in [-0.25, -0.2) is 0 Å². The summed E-state index contributed by atoms with van der Waals surface area (Å²) in [5, 5.41) is 9.41. The number of nitrogens with one attached hydrogen (secondary N) is 1. The number of hydrogen-bond acceptors (Lipinski definition) is 3. The zero-order valence-electron chi connectivity index (χ0n) is 11.6. The SMILES string of the molecule is CCc1cc(-c2ccc3[nH]c(O)nc3c2)cc(CC)n1. The van der Waals surface area contributed by atoms with Gasteiger partial charge in [0.15, 0.2) is 0 Å². The van der Waals surface area contributed by atoms with E-state index < -0.39 is 0 Å². The molecule has 4 heteroatoms. The van der Waals surface area contributed by atoms with Crippen molar-refractivity contribution >= 4 is 11.0 Å². The van der Waals surface area contributed by atoms with E-state index in [-0.39, 0.29) is 6.01 Å². The van der Waals surface area contributed by atoms with Crippen molar-refractivity contribution in [2.75, 3.05) is 0 Å². The van der Waals surface area contributed by atoms with E-state index in [0.29, 0.717) is 0 Å². The Kier molecular flexibility index (Phi) is 3.14. The normalized spacial score (nSPS) is 11.1. The minimum atomic E-state index is -0.0460. The average molecular weight is 267 g/mol. The summed E-state index contributed by atoms with van der Waals surface area (Å²) in [7, 11) is 0. The molecule has 0 atom stereocenters. The quantitative estimate of drug-likeness (QED) is 0.764. The number of nitrogens with zero attached hydrogens (tertiary/aromatic N) is 2. The maximum absolute atomic E-state index is 9.41. The molecule has 1 aromatic carbocycles. The lowest BCUT2D eigenvalue weighted by Gasteiger charge is -2.07. The number of aromatic amines is 1. The van der Waals surface area contributed by atoms with E-state index in [1.54, 1.807) is 0 Å². The Morgan fingerprint density at radius 1 is 0.950 bits per heavy atom. The van der Waals surface area contributed by atoms with Crippen molar-refractivity contribution < 1.29 is 5.11 Å². The first-order chi connectivity index (χ1) is 9.69. The van der Waals surface area contributed by atoms with Gasteiger partial charge in [-0.05, 0) is 48.2 Å². The van der Waals surface area contributed by atoms with Crippen molar-refractivity contribution in [3.8, 4) is 17.1 Å². The molecule has 0 aliphatic rings. The van der Waals surface area contributed by atoms with Gasteiger partial charge in [-0.1, -0.05) is 19.9 Å². The fourth-order valence-corrected chi connectivity index (χ4v) is 2.35. The van der Waals surface area contributed by atoms with Gasteiger partial charge in [-0.3, -0.25) is 4.98 Å². The molecular formula is C16H17N3O. The lowest BCUT2D eigenvalue weighted by molar-refractivity contribution is 0.438. The minimum Gasteiger partial charge on any atom is -0.480 e. The van der Waals surface area contributed by atoms with Crippen LogP contribution in [0, 0.1) is 0 Å². The maximum Gasteiger partial charge on any atom is 0.292 e. The van der Waals surface area contributed by atoms with Crippen LogP contribution in [0.25, 0.3) is 22.2 Å². The van der Waals surface area contributed by atoms with E-state index in [1.165, 1.54) is 0 Å². The van der Waals surface area contributed by atoms with Gasteiger partial charge >= 0.3 is 0 Å². The van der Waals surface area contributed by atoms with E-state index in [1.807, 2.05) is 18.2 Å². The fourth-order valence-electron chi connectivity index (χ4n) is 2.35. The van der Waals surface area contributed by atoms with E-state index in [2.05, 4.69) is 40.9 Å². The molecule has 2 N–H and O–H groups in total. The van der Waals surface area contributed by atoms with Crippen LogP contribution in [0.15, 0.2) is 30.3 Å². The Balaban J connectivity index is 2.13. The van der Waals surface area contributed by atoms with Gasteiger partial charge in [0.05, 0.1) is 11.0 Å². The second kappa shape index (κ2) is 4.96. The number of pyridine rings is 1. The Hall–Kier alpha value is -2.36. The third-order valence-corrected chi connectivity index (χ3v) is 3.46. The van der Waals surface area contributed by atoms with E-state index in [9.17, 15) is 5.11 Å². The highest BCUT2D eigenvalue weighted by atomic mass is 16.3. The highest BCUT2D eigenvalue weighted by molar-refractivity contribution is 5.82. The number of fused-ring (bicyclic) bond motifs is 1. The molecule has 0 fully saturated rings. The van der Waals surface area contributed by atoms with Crippen LogP contribution in [0.5, 0.6) is 6.01 Å². The Labute approximate surface area is 117 Å². The Bertz CT molecular complexity index is 739. The molecule has 0 radical (unpaired) electrons. The van der Waals surface area contributed by atoms with Crippen molar-refractivity contribution in [1.29, 1.82) is 0 Å². The predicted octanol–water partition coefficient (Wildman–Crippen LogP) is 3.46. The Morgan fingerprint density at radius 3 is 2.30 bits per heavy atom. The zero-order chi connectivity index (χ0) is 14.1. The van der Waals surface area contributed by atoms with Gasteiger partial charge in [-0.15, -0.1) is 0 Å². The van der Waals surface area contributed by atoms with Crippen LogP contribution in [0.1, 0.15) is 25.2 Å². The number of hydrogen-bond donors (Lipinski definition) is 2. The molecule has 3 aromatic rings. The summed E-state index contributed by atoms with van der Waals surface area (Å²) >= 11 is 0. The summed E-state index contributed by atoms with van der Waals surface area (Å²) < 4.78 is 0. The van der Waals surface area contributed by atoms with Gasteiger partial charge in [-0.2, -0.15) is 4.98 Å². The first kappa shape index (κ1) is 12.7. The summed E-state index contributed by atoms with van der Waals surface area (Å²) in [6.07, 6.45) is 1.85. The molecule has 20 heavy (non-hydrogen) atoms. The molecule has 0 unspecified atom stereocenters. The summed E-state index contributed by atoms with van der Waals surface area (Å²) in [5.41, 5.74) is 6.06. The monoisotopic (exact) mass is 267 g/mol. The third kappa shape index (κ3) is 2.25. The van der Waals surface area contributed by atoms with E-state index in [0.717, 1.165) is 46.4 Å². The zero-order valence-corrected chi connectivity index (χ0v) is 11.6. The number of benzene rings is 1. The van der Waals surface area contributed by atoms with Crippen LogP contribution >= 0.6 is 0 Å². The molecule has 0 saturated heterocycles. The number of aromatic hydroxyl groups is 1. The second-order valence-electron chi connectivity index (χ2n) is 4.84. The second-order valence-corrected chi connectivity index (χ2v) is 4.84. The lowest BCUT2D eigenvalue weighted by atomic mass is 10.0. The molecule has 0 aliphatic carbocycles. The summed E-state index contributed by atoms with van der Waals surface area (Å²) in [4.78, 5) is 11.5. The van der Waals surface area contributed by atoms with Crippen molar-refractivity contribution in [1.82, 2.24) is 15.0 Å². The standard InChI is InChI=1S/C16H17N3O/c1-3-12-7-11(8-13(4-2)17-12)10-5-6-14-15(9-10)19-16(20)18-14/h5-9H,3-4H2,1-2H3,(H2,18,19,20). The predicted molar refractivity (Wildman–Crippen MR) is 79.7 cm³/mol. The van der Waals surface area contributed by atoms with E-state index >= 15 is 0 Å². The van der Waals surface area contributed by atoms with Gasteiger partial charge in [0.1, 0.15) is 0 Å². The van der Waals surface area contributed by atoms with Crippen LogP contribution in [-0.4, -0.2) is 20.1 Å². The molecule has 0 bridgehead atoms. The molecule has 0 saturated carbocycles. The molecule has 102 valence electrons. The number of aryl methyl sites for hydroxylation is 2. The van der Waals surface area contributed by atoms with E-state index in [4.69, 9.17) is 0 Å². The summed E-state index contributed by atoms with van der Waals surface area (Å²) in [6.45, 7) is 4.22. The van der Waals surface area contributed by atoms with Crippen molar-refractivity contribution in [3.63, 3.8) is 0 Å². The lowest BCUT2D eigenvalue weighted by Crippen LogP contribution is -1.94. The van der Waals surface area contributed by atoms with Crippen LogP contribution in [0.3, 0.4) is 0 Å². The van der Waals surface area contributed by atoms with Crippen LogP contribution in [-0.2, 0) is 12.8 Å². The fraction of sp³-hybridized carbons (Fsp3) is 0.250. The number of imidazole rings is 1. The highest BCUT2D eigenvalue weighted by Gasteiger charge is 2.06. The number of H-pyrrole nitrogens is 1. The maximum atomic E-state index is 9.41. The molecule has 3 rings (SSSR count). The summed E-state index contributed by atoms with van der Waals surface area (Å²) in [6, 6.07) is 10.2. The van der Waals surface area contributed by atoms with Crippen molar-refractivity contribution in [2.24, 2.45) is 0 Å². The van der Waals surface area contributed by atoms with Gasteiger partial charge in [0, 0.05) is 11.4 Å². The highest BCUT2D eigenvalue weighted by Crippen LogP contribution is 2.25. The first-order valence-electron chi connectivity index (χ1n) is 6.88. The molecular weight excluding hydrogens is 250 g/mol. The molecule has 0 spiro atoms. The first-order valence-corrected chi connectivity index (χ1v) is 6.88. The third-order valence-electron chi connectivity index (χ3n) is 3.46. The molecule has 0 amide bonds. The average Bonchev–Trinajstić information content (AvgIpc) is 2.85. The Morgan fingerprint density at radius 2 is 1.65 bits per heavy atom. The smallest absolute Gasteiger partial charge is 0.292 e. The van der Waals surface area contributed by atoms with Crippen molar-refractivity contribution in [2.45, 2.75) is 26.7 Å². The molecule has 2 aromatic heterocycles. The summed E-state index contributed by atoms with van der Waals surface area (Å²) in [5.74, 6) is 0. The number of rotatable bonds is 3. The van der Waals surface area contributed by atoms with Gasteiger partial charge in [0.25, 0.3) is 6.01 Å². The van der Waals surface area contributed by atoms with Crippen LogP contribution in [0.4, 0.5) is 0 Å². The number of aromatic nitrogens is 3. The van der Waals surface area contributed by atoms with Gasteiger partial charge < -0.3 is 10.1 Å². The van der Waals surface area contributed by atoms with Crippen molar-refractivity contribution in [3.05, 3.63) is 41.7 Å². The van der Waals surface area contributed by atoms with Crippen LogP contribution in [0.2, 0.25) is 0 Å². The molecule has 4 nitrogen and oxygen atoms in total. The largest absolute Gasteiger partial charge is 0.480 e.